The van der Waals surface area contributed by atoms with Gasteiger partial charge in [0.15, 0.2) is 5.15 Å². The molecular formula is C13H10Cl2N4O3S. The van der Waals surface area contributed by atoms with Crippen LogP contribution in [-0.2, 0) is 10.0 Å². The molecule has 1 atom stereocenters. The summed E-state index contributed by atoms with van der Waals surface area (Å²) in [5.74, 6) is 0.0856. The van der Waals surface area contributed by atoms with E-state index in [0.717, 1.165) is 0 Å². The van der Waals surface area contributed by atoms with Crippen LogP contribution in [0.4, 0.5) is 0 Å². The van der Waals surface area contributed by atoms with Crippen LogP contribution in [0, 0.1) is 11.3 Å². The second-order valence-electron chi connectivity index (χ2n) is 4.44. The predicted molar refractivity (Wildman–Crippen MR) is 84.7 cm³/mol. The third-order valence-corrected chi connectivity index (χ3v) is 4.62. The molecule has 2 aromatic rings. The van der Waals surface area contributed by atoms with Crippen molar-refractivity contribution >= 4 is 33.2 Å². The largest absolute Gasteiger partial charge is 0.495 e. The SMILES string of the molecule is COc1cc(Cl)nnc1C(c1cc(C#N)ccc1Cl)S(N)(=O)=O. The first kappa shape index (κ1) is 17.4. The average Bonchev–Trinajstić information content (AvgIpc) is 2.49. The number of benzene rings is 1. The molecule has 1 unspecified atom stereocenters. The minimum absolute atomic E-state index is 0.0237. The number of sulfonamides is 1. The highest BCUT2D eigenvalue weighted by Gasteiger charge is 2.33. The van der Waals surface area contributed by atoms with E-state index in [1.165, 1.54) is 31.4 Å². The normalized spacial score (nSPS) is 12.5. The number of hydrogen-bond acceptors (Lipinski definition) is 6. The zero-order valence-corrected chi connectivity index (χ0v) is 14.0. The molecule has 1 heterocycles. The van der Waals surface area contributed by atoms with Gasteiger partial charge in [0, 0.05) is 11.1 Å². The van der Waals surface area contributed by atoms with Gasteiger partial charge in [-0.3, -0.25) is 0 Å². The molecule has 0 aliphatic rings. The van der Waals surface area contributed by atoms with Crippen LogP contribution in [0.1, 0.15) is 22.1 Å². The lowest BCUT2D eigenvalue weighted by Crippen LogP contribution is -2.24. The lowest BCUT2D eigenvalue weighted by molar-refractivity contribution is 0.405. The van der Waals surface area contributed by atoms with Crippen molar-refractivity contribution in [3.8, 4) is 11.8 Å². The number of nitrogens with two attached hydrogens (primary N) is 1. The molecule has 2 rings (SSSR count). The highest BCUT2D eigenvalue weighted by molar-refractivity contribution is 7.89. The Hall–Kier alpha value is -1.92. The first-order chi connectivity index (χ1) is 10.8. The smallest absolute Gasteiger partial charge is 0.222 e. The van der Waals surface area contributed by atoms with Crippen LogP contribution in [0.25, 0.3) is 0 Å². The summed E-state index contributed by atoms with van der Waals surface area (Å²) in [6.45, 7) is 0. The maximum atomic E-state index is 12.1. The fourth-order valence-corrected chi connectivity index (χ4v) is 3.45. The van der Waals surface area contributed by atoms with Crippen molar-refractivity contribution in [2.24, 2.45) is 5.14 Å². The zero-order valence-electron chi connectivity index (χ0n) is 11.7. The molecule has 23 heavy (non-hydrogen) atoms. The van der Waals surface area contributed by atoms with Crippen LogP contribution in [0.2, 0.25) is 10.2 Å². The van der Waals surface area contributed by atoms with E-state index in [1.807, 2.05) is 6.07 Å². The lowest BCUT2D eigenvalue weighted by Gasteiger charge is -2.18. The number of nitriles is 1. The highest BCUT2D eigenvalue weighted by Crippen LogP contribution is 2.37. The number of methoxy groups -OCH3 is 1. The molecule has 120 valence electrons. The van der Waals surface area contributed by atoms with Gasteiger partial charge in [0.05, 0.1) is 18.7 Å². The van der Waals surface area contributed by atoms with Crippen molar-refractivity contribution in [1.82, 2.24) is 10.2 Å². The van der Waals surface area contributed by atoms with E-state index in [4.69, 9.17) is 38.3 Å². The van der Waals surface area contributed by atoms with Gasteiger partial charge in [-0.2, -0.15) is 5.26 Å². The molecule has 0 aliphatic carbocycles. The molecule has 1 aromatic carbocycles. The topological polar surface area (TPSA) is 119 Å². The Balaban J connectivity index is 2.78. The van der Waals surface area contributed by atoms with E-state index < -0.39 is 15.3 Å². The van der Waals surface area contributed by atoms with E-state index >= 15 is 0 Å². The van der Waals surface area contributed by atoms with Crippen molar-refractivity contribution in [1.29, 1.82) is 5.26 Å². The second-order valence-corrected chi connectivity index (χ2v) is 6.88. The summed E-state index contributed by atoms with van der Waals surface area (Å²) in [6.07, 6.45) is 0. The van der Waals surface area contributed by atoms with Gasteiger partial charge in [-0.25, -0.2) is 13.6 Å². The highest BCUT2D eigenvalue weighted by atomic mass is 35.5. The molecule has 0 saturated heterocycles. The van der Waals surface area contributed by atoms with Gasteiger partial charge in [0.2, 0.25) is 10.0 Å². The number of ether oxygens (including phenoxy) is 1. The number of primary sulfonamides is 1. The Morgan fingerprint density at radius 1 is 1.30 bits per heavy atom. The maximum Gasteiger partial charge on any atom is 0.222 e. The summed E-state index contributed by atoms with van der Waals surface area (Å²) in [6, 6.07) is 7.40. The van der Waals surface area contributed by atoms with Gasteiger partial charge in [-0.05, 0) is 23.8 Å². The molecule has 0 aliphatic heterocycles. The van der Waals surface area contributed by atoms with Crippen molar-refractivity contribution < 1.29 is 13.2 Å². The van der Waals surface area contributed by atoms with Crippen LogP contribution in [-0.4, -0.2) is 25.7 Å². The van der Waals surface area contributed by atoms with Crippen molar-refractivity contribution in [3.63, 3.8) is 0 Å². The van der Waals surface area contributed by atoms with Crippen LogP contribution >= 0.6 is 23.2 Å². The maximum absolute atomic E-state index is 12.1. The van der Waals surface area contributed by atoms with Crippen molar-refractivity contribution in [3.05, 3.63) is 51.3 Å². The van der Waals surface area contributed by atoms with Crippen LogP contribution in [0.15, 0.2) is 24.3 Å². The summed E-state index contributed by atoms with van der Waals surface area (Å²) in [7, 11) is -2.86. The zero-order chi connectivity index (χ0) is 17.2. The molecule has 0 bridgehead atoms. The van der Waals surface area contributed by atoms with E-state index in [1.54, 1.807) is 0 Å². The first-order valence-electron chi connectivity index (χ1n) is 6.06. The van der Waals surface area contributed by atoms with Crippen LogP contribution in [0.3, 0.4) is 0 Å². The van der Waals surface area contributed by atoms with Gasteiger partial charge < -0.3 is 4.74 Å². The number of aromatic nitrogens is 2. The summed E-state index contributed by atoms with van der Waals surface area (Å²) in [4.78, 5) is 0. The molecule has 0 fully saturated rings. The van der Waals surface area contributed by atoms with Crippen LogP contribution in [0.5, 0.6) is 5.75 Å². The third-order valence-electron chi connectivity index (χ3n) is 2.96. The first-order valence-corrected chi connectivity index (χ1v) is 8.42. The number of nitrogens with zero attached hydrogens (tertiary/aromatic N) is 3. The Bertz CT molecular complexity index is 897. The fourth-order valence-electron chi connectivity index (χ4n) is 2.00. The Morgan fingerprint density at radius 2 is 2.00 bits per heavy atom. The van der Waals surface area contributed by atoms with Gasteiger partial charge in [-0.15, -0.1) is 10.2 Å². The molecule has 1 aromatic heterocycles. The Morgan fingerprint density at radius 3 is 2.57 bits per heavy atom. The summed E-state index contributed by atoms with van der Waals surface area (Å²) < 4.78 is 29.3. The fraction of sp³-hybridized carbons (Fsp3) is 0.154. The third kappa shape index (κ3) is 3.71. The molecular weight excluding hydrogens is 363 g/mol. The van der Waals surface area contributed by atoms with E-state index in [2.05, 4.69) is 10.2 Å². The monoisotopic (exact) mass is 372 g/mol. The lowest BCUT2D eigenvalue weighted by atomic mass is 10.1. The molecule has 0 radical (unpaired) electrons. The van der Waals surface area contributed by atoms with Crippen molar-refractivity contribution in [2.45, 2.75) is 5.25 Å². The Labute approximate surface area is 142 Å². The molecule has 0 amide bonds. The van der Waals surface area contributed by atoms with Crippen molar-refractivity contribution in [2.75, 3.05) is 7.11 Å². The average molecular weight is 373 g/mol. The molecule has 2 N–H and O–H groups in total. The van der Waals surface area contributed by atoms with E-state index in [0.29, 0.717) is 0 Å². The molecule has 0 spiro atoms. The van der Waals surface area contributed by atoms with Gasteiger partial charge in [0.1, 0.15) is 16.7 Å². The van der Waals surface area contributed by atoms with E-state index in [9.17, 15) is 8.42 Å². The van der Waals surface area contributed by atoms with Gasteiger partial charge in [0.25, 0.3) is 0 Å². The summed E-state index contributed by atoms with van der Waals surface area (Å²) in [5, 5.41) is 20.4. The Kier molecular flexibility index (Phi) is 5.06. The van der Waals surface area contributed by atoms with Gasteiger partial charge in [-0.1, -0.05) is 23.2 Å². The standard InChI is InChI=1S/C13H10Cl2N4O3S/c1-22-10-5-11(15)18-19-12(10)13(23(17,20)21)8-4-7(6-16)2-3-9(8)14/h2-5,13H,1H3,(H2,17,20,21). The summed E-state index contributed by atoms with van der Waals surface area (Å²) in [5.41, 5.74) is 0.249. The minimum Gasteiger partial charge on any atom is -0.495 e. The molecule has 7 nitrogen and oxygen atoms in total. The number of rotatable bonds is 4. The number of hydrogen-bond donors (Lipinski definition) is 1. The molecule has 10 heteroatoms. The predicted octanol–water partition coefficient (Wildman–Crippen LogP) is 2.04. The second kappa shape index (κ2) is 6.68. The van der Waals surface area contributed by atoms with Crippen LogP contribution < -0.4 is 9.88 Å². The van der Waals surface area contributed by atoms with Gasteiger partial charge >= 0.3 is 0 Å². The minimum atomic E-state index is -4.18. The number of halogens is 2. The quantitative estimate of drug-likeness (QED) is 0.876. The van der Waals surface area contributed by atoms with E-state index in [-0.39, 0.29) is 32.7 Å². The molecule has 0 saturated carbocycles. The summed E-state index contributed by atoms with van der Waals surface area (Å²) >= 11 is 11.8.